The quantitative estimate of drug-likeness (QED) is 0.539. The average molecular weight is 434 g/mol. The van der Waals surface area contributed by atoms with Crippen molar-refractivity contribution in [3.05, 3.63) is 52.3 Å². The van der Waals surface area contributed by atoms with Crippen molar-refractivity contribution >= 4 is 49.1 Å². The number of rotatable bonds is 3. The molecule has 0 spiro atoms. The molecule has 0 saturated carbocycles. The maximum Gasteiger partial charge on any atom is 0.170 e. The Kier molecular flexibility index (Phi) is 4.67. The van der Waals surface area contributed by atoms with Crippen LogP contribution >= 0.6 is 27.5 Å². The van der Waals surface area contributed by atoms with Gasteiger partial charge in [-0.05, 0) is 67.7 Å². The van der Waals surface area contributed by atoms with E-state index in [0.717, 1.165) is 44.5 Å². The first-order valence-corrected chi connectivity index (χ1v) is 9.89. The molecule has 0 fully saturated rings. The fourth-order valence-corrected chi connectivity index (χ4v) is 4.42. The molecule has 0 saturated heterocycles. The summed E-state index contributed by atoms with van der Waals surface area (Å²) in [5.41, 5.74) is 1.79. The number of methoxy groups -OCH3 is 1. The Hall–Kier alpha value is -1.99. The first kappa shape index (κ1) is 17.4. The average Bonchev–Trinajstić information content (AvgIpc) is 3.05. The zero-order valence-electron chi connectivity index (χ0n) is 14.4. The van der Waals surface area contributed by atoms with Gasteiger partial charge in [-0.25, -0.2) is 9.40 Å². The van der Waals surface area contributed by atoms with Crippen molar-refractivity contribution in [1.82, 2.24) is 4.37 Å². The van der Waals surface area contributed by atoms with Crippen LogP contribution in [0, 0.1) is 5.82 Å². The van der Waals surface area contributed by atoms with Gasteiger partial charge in [-0.3, -0.25) is 0 Å². The molecule has 1 aliphatic rings. The molecule has 1 atom stereocenters. The van der Waals surface area contributed by atoms with E-state index in [1.165, 1.54) is 24.7 Å². The maximum atomic E-state index is 13.7. The van der Waals surface area contributed by atoms with Gasteiger partial charge in [0, 0.05) is 15.4 Å². The van der Waals surface area contributed by atoms with Gasteiger partial charge in [0.15, 0.2) is 17.4 Å². The highest BCUT2D eigenvalue weighted by Crippen LogP contribution is 2.35. The predicted octanol–water partition coefficient (Wildman–Crippen LogP) is 5.60. The number of hydrogen-bond acceptors (Lipinski definition) is 5. The summed E-state index contributed by atoms with van der Waals surface area (Å²) in [6.45, 7) is 2.15. The van der Waals surface area contributed by atoms with E-state index in [9.17, 15) is 4.39 Å². The van der Waals surface area contributed by atoms with Gasteiger partial charge < -0.3 is 4.74 Å². The number of anilines is 1. The summed E-state index contributed by atoms with van der Waals surface area (Å²) in [7, 11) is 1.47. The van der Waals surface area contributed by atoms with E-state index in [4.69, 9.17) is 9.84 Å². The number of nitrogens with zero attached hydrogens (tertiary/aromatic N) is 3. The normalized spacial score (nSPS) is 17.5. The van der Waals surface area contributed by atoms with E-state index >= 15 is 0 Å². The van der Waals surface area contributed by atoms with Crippen LogP contribution in [0.25, 0.3) is 10.1 Å². The second kappa shape index (κ2) is 6.96. The largest absolute Gasteiger partial charge is 0.494 e. The van der Waals surface area contributed by atoms with Crippen LogP contribution < -0.4 is 9.75 Å². The molecule has 0 radical (unpaired) electrons. The Balaban J connectivity index is 1.76. The molecule has 26 heavy (non-hydrogen) atoms. The van der Waals surface area contributed by atoms with Crippen molar-refractivity contribution in [2.24, 2.45) is 5.10 Å². The van der Waals surface area contributed by atoms with Crippen molar-refractivity contribution in [3.63, 3.8) is 0 Å². The number of ether oxygens (including phenoxy) is 1. The fourth-order valence-electron chi connectivity index (χ4n) is 3.11. The fraction of sp³-hybridized carbons (Fsp3) is 0.263. The van der Waals surface area contributed by atoms with Crippen LogP contribution in [0.4, 0.5) is 10.2 Å². The molecule has 4 nitrogen and oxygen atoms in total. The lowest BCUT2D eigenvalue weighted by atomic mass is 10.0. The summed E-state index contributed by atoms with van der Waals surface area (Å²) in [6, 6.07) is 11.3. The molecule has 134 valence electrons. The zero-order chi connectivity index (χ0) is 18.3. The Bertz CT molecular complexity index is 1000. The van der Waals surface area contributed by atoms with Gasteiger partial charge in [0.05, 0.1) is 23.6 Å². The molecule has 1 aromatic heterocycles. The minimum Gasteiger partial charge on any atom is -0.494 e. The molecule has 7 heteroatoms. The van der Waals surface area contributed by atoms with Crippen molar-refractivity contribution in [2.75, 3.05) is 12.1 Å². The second-order valence-corrected chi connectivity index (χ2v) is 8.00. The van der Waals surface area contributed by atoms with E-state index in [0.29, 0.717) is 0 Å². The van der Waals surface area contributed by atoms with Crippen LogP contribution in [-0.2, 0) is 0 Å². The predicted molar refractivity (Wildman–Crippen MR) is 108 cm³/mol. The third-order valence-corrected chi connectivity index (χ3v) is 5.85. The molecule has 0 aliphatic carbocycles. The number of fused-ring (bicyclic) bond motifs is 1. The van der Waals surface area contributed by atoms with Crippen molar-refractivity contribution in [2.45, 2.75) is 25.8 Å². The second-order valence-electron chi connectivity index (χ2n) is 6.27. The molecule has 1 aliphatic heterocycles. The van der Waals surface area contributed by atoms with Crippen LogP contribution in [0.15, 0.2) is 46.0 Å². The lowest BCUT2D eigenvalue weighted by Gasteiger charge is -2.30. The minimum atomic E-state index is -0.367. The van der Waals surface area contributed by atoms with Crippen LogP contribution in [0.2, 0.25) is 0 Å². The van der Waals surface area contributed by atoms with Crippen LogP contribution in [0.1, 0.15) is 25.3 Å². The summed E-state index contributed by atoms with van der Waals surface area (Å²) >= 11 is 4.97. The van der Waals surface area contributed by atoms with Crippen LogP contribution in [0.3, 0.4) is 0 Å². The highest BCUT2D eigenvalue weighted by atomic mass is 79.9. The highest BCUT2D eigenvalue weighted by Gasteiger charge is 2.25. The summed E-state index contributed by atoms with van der Waals surface area (Å²) in [6.07, 6.45) is 1.79. The van der Waals surface area contributed by atoms with Gasteiger partial charge in [0.25, 0.3) is 0 Å². The number of halogens is 2. The van der Waals surface area contributed by atoms with Gasteiger partial charge in [-0.2, -0.15) is 9.47 Å². The monoisotopic (exact) mass is 433 g/mol. The Labute approximate surface area is 163 Å². The number of hydrazone groups is 1. The standard InChI is InChI=1S/C19H17BrFN3OS/c1-11-3-8-16(12-4-7-15(21)17(9-12)25-2)22-24(11)19-14-6-5-13(20)10-18(14)26-23-19/h4-7,9-11H,3,8H2,1-2H3. The molecule has 0 N–H and O–H groups in total. The zero-order valence-corrected chi connectivity index (χ0v) is 16.8. The minimum absolute atomic E-state index is 0.235. The summed E-state index contributed by atoms with van der Waals surface area (Å²) in [5.74, 6) is 0.740. The number of hydrogen-bond donors (Lipinski definition) is 0. The van der Waals surface area contributed by atoms with Gasteiger partial charge in [0.2, 0.25) is 0 Å². The Morgan fingerprint density at radius 1 is 1.27 bits per heavy atom. The SMILES string of the molecule is COc1cc(C2=NN(c3nsc4cc(Br)ccc34)C(C)CC2)ccc1F. The first-order valence-electron chi connectivity index (χ1n) is 8.32. The molecule has 3 aromatic rings. The summed E-state index contributed by atoms with van der Waals surface area (Å²) in [5, 5.41) is 7.93. The number of aromatic nitrogens is 1. The van der Waals surface area contributed by atoms with Crippen molar-refractivity contribution in [1.29, 1.82) is 0 Å². The third-order valence-electron chi connectivity index (χ3n) is 4.56. The van der Waals surface area contributed by atoms with Gasteiger partial charge >= 0.3 is 0 Å². The molecule has 2 aromatic carbocycles. The Morgan fingerprint density at radius 2 is 2.12 bits per heavy atom. The van der Waals surface area contributed by atoms with Gasteiger partial charge in [-0.1, -0.05) is 15.9 Å². The summed E-state index contributed by atoms with van der Waals surface area (Å²) in [4.78, 5) is 0. The molecule has 0 bridgehead atoms. The summed E-state index contributed by atoms with van der Waals surface area (Å²) < 4.78 is 25.6. The van der Waals surface area contributed by atoms with Crippen LogP contribution in [-0.4, -0.2) is 23.2 Å². The maximum absolute atomic E-state index is 13.7. The molecule has 0 amide bonds. The molecule has 1 unspecified atom stereocenters. The topological polar surface area (TPSA) is 37.7 Å². The third kappa shape index (κ3) is 3.10. The number of benzene rings is 2. The van der Waals surface area contributed by atoms with E-state index < -0.39 is 0 Å². The van der Waals surface area contributed by atoms with Crippen molar-refractivity contribution < 1.29 is 9.13 Å². The molecular weight excluding hydrogens is 417 g/mol. The van der Waals surface area contributed by atoms with Gasteiger partial charge in [-0.15, -0.1) is 0 Å². The molecule has 4 rings (SSSR count). The van der Waals surface area contributed by atoms with E-state index in [2.05, 4.69) is 39.4 Å². The van der Waals surface area contributed by atoms with Crippen molar-refractivity contribution in [3.8, 4) is 5.75 Å². The van der Waals surface area contributed by atoms with E-state index in [1.807, 2.05) is 11.1 Å². The van der Waals surface area contributed by atoms with E-state index in [-0.39, 0.29) is 17.6 Å². The lowest BCUT2D eigenvalue weighted by molar-refractivity contribution is 0.386. The van der Waals surface area contributed by atoms with Crippen LogP contribution in [0.5, 0.6) is 5.75 Å². The smallest absolute Gasteiger partial charge is 0.170 e. The van der Waals surface area contributed by atoms with E-state index in [1.54, 1.807) is 12.1 Å². The molecule has 2 heterocycles. The molecular formula is C19H17BrFN3OS. The van der Waals surface area contributed by atoms with Gasteiger partial charge in [0.1, 0.15) is 0 Å². The highest BCUT2D eigenvalue weighted by molar-refractivity contribution is 9.10. The first-order chi connectivity index (χ1) is 12.6. The lowest BCUT2D eigenvalue weighted by Crippen LogP contribution is -2.34. The Morgan fingerprint density at radius 3 is 2.92 bits per heavy atom.